The van der Waals surface area contributed by atoms with Gasteiger partial charge in [0, 0.05) is 24.9 Å². The molecule has 0 bridgehead atoms. The van der Waals surface area contributed by atoms with Crippen LogP contribution in [0.4, 0.5) is 5.69 Å². The molecule has 0 aromatic heterocycles. The predicted molar refractivity (Wildman–Crippen MR) is 112 cm³/mol. The van der Waals surface area contributed by atoms with Crippen molar-refractivity contribution in [2.45, 2.75) is 37.9 Å². The Bertz CT molecular complexity index is 942. The summed E-state index contributed by atoms with van der Waals surface area (Å²) in [5.74, 6) is -0.391. The normalized spacial score (nSPS) is 16.6. The van der Waals surface area contributed by atoms with E-state index in [9.17, 15) is 20.3 Å². The number of carbonyl (C=O) groups is 1. The summed E-state index contributed by atoms with van der Waals surface area (Å²) < 4.78 is 0. The van der Waals surface area contributed by atoms with Gasteiger partial charge in [-0.05, 0) is 36.3 Å². The number of nitrogens with zero attached hydrogens (tertiary/aromatic N) is 2. The third-order valence-electron chi connectivity index (χ3n) is 5.37. The number of rotatable bonds is 8. The molecule has 1 aliphatic heterocycles. The average Bonchev–Trinajstić information content (AvgIpc) is 3.28. The largest absolute Gasteiger partial charge is 0.394 e. The molecule has 3 N–H and O–H groups in total. The van der Waals surface area contributed by atoms with Crippen LogP contribution in [0, 0.1) is 11.3 Å². The number of ketones is 1. The van der Waals surface area contributed by atoms with Crippen molar-refractivity contribution in [2.24, 2.45) is 0 Å². The van der Waals surface area contributed by atoms with Crippen LogP contribution in [0.1, 0.15) is 31.2 Å². The fraction of sp³-hybridized carbons (Fsp3) is 0.391. The van der Waals surface area contributed by atoms with E-state index in [0.29, 0.717) is 0 Å². The first-order valence-electron chi connectivity index (χ1n) is 9.94. The number of hydrogen-bond acceptors (Lipinski definition) is 6. The SMILES string of the molecule is N#C/C(=C\c1ccc2ccccc2c1N1CCCC1)C(=O)CCC(O)C(O)CO. The number of nitriles is 1. The van der Waals surface area contributed by atoms with Gasteiger partial charge < -0.3 is 20.2 Å². The van der Waals surface area contributed by atoms with Crippen LogP contribution in [0.3, 0.4) is 0 Å². The van der Waals surface area contributed by atoms with Gasteiger partial charge in [-0.2, -0.15) is 5.26 Å². The van der Waals surface area contributed by atoms with E-state index in [1.165, 1.54) is 0 Å². The molecule has 1 fully saturated rings. The summed E-state index contributed by atoms with van der Waals surface area (Å²) in [6.45, 7) is 1.30. The fourth-order valence-electron chi connectivity index (χ4n) is 3.74. The molecule has 1 heterocycles. The monoisotopic (exact) mass is 394 g/mol. The Morgan fingerprint density at radius 2 is 1.86 bits per heavy atom. The van der Waals surface area contributed by atoms with E-state index in [0.717, 1.165) is 48.0 Å². The molecule has 6 heteroatoms. The summed E-state index contributed by atoms with van der Waals surface area (Å²) in [4.78, 5) is 14.8. The van der Waals surface area contributed by atoms with E-state index < -0.39 is 24.6 Å². The number of fused-ring (bicyclic) bond motifs is 1. The van der Waals surface area contributed by atoms with Crippen molar-refractivity contribution >= 4 is 28.3 Å². The number of aliphatic hydroxyl groups excluding tert-OH is 3. The minimum Gasteiger partial charge on any atom is -0.394 e. The second kappa shape index (κ2) is 9.66. The van der Waals surface area contributed by atoms with E-state index in [4.69, 9.17) is 5.11 Å². The lowest BCUT2D eigenvalue weighted by molar-refractivity contribution is -0.116. The number of carbonyl (C=O) groups excluding carboxylic acids is 1. The van der Waals surface area contributed by atoms with E-state index in [1.54, 1.807) is 6.08 Å². The van der Waals surface area contributed by atoms with Crippen molar-refractivity contribution in [2.75, 3.05) is 24.6 Å². The molecule has 0 spiro atoms. The van der Waals surface area contributed by atoms with E-state index in [2.05, 4.69) is 11.0 Å². The standard InChI is InChI=1S/C23H26N2O4/c24-14-18(20(27)9-10-21(28)22(29)15-26)13-17-8-7-16-5-1-2-6-19(16)23(17)25-11-3-4-12-25/h1-2,5-8,13,21-22,26,28-29H,3-4,9-12,15H2/b18-13+. The maximum atomic E-state index is 12.5. The molecule has 29 heavy (non-hydrogen) atoms. The summed E-state index contributed by atoms with van der Waals surface area (Å²) >= 11 is 0. The fourth-order valence-corrected chi connectivity index (χ4v) is 3.74. The number of hydrogen-bond donors (Lipinski definition) is 3. The lowest BCUT2D eigenvalue weighted by atomic mass is 9.98. The van der Waals surface area contributed by atoms with Crippen LogP contribution in [0.15, 0.2) is 42.0 Å². The highest BCUT2D eigenvalue weighted by molar-refractivity contribution is 6.06. The molecule has 2 atom stereocenters. The zero-order valence-corrected chi connectivity index (χ0v) is 16.3. The van der Waals surface area contributed by atoms with Crippen LogP contribution in [0.5, 0.6) is 0 Å². The van der Waals surface area contributed by atoms with Crippen molar-refractivity contribution in [1.29, 1.82) is 5.26 Å². The van der Waals surface area contributed by atoms with Crippen LogP contribution in [-0.4, -0.2) is 53.0 Å². The maximum absolute atomic E-state index is 12.5. The summed E-state index contributed by atoms with van der Waals surface area (Å²) in [5.41, 5.74) is 1.88. The number of anilines is 1. The van der Waals surface area contributed by atoms with Crippen molar-refractivity contribution in [3.8, 4) is 6.07 Å². The molecule has 0 amide bonds. The van der Waals surface area contributed by atoms with Gasteiger partial charge in [0.15, 0.2) is 5.78 Å². The number of Topliss-reactive ketones (excluding diaryl/α,β-unsaturated/α-hetero) is 1. The minimum absolute atomic E-state index is 0.0176. The van der Waals surface area contributed by atoms with Crippen molar-refractivity contribution in [3.05, 3.63) is 47.5 Å². The van der Waals surface area contributed by atoms with Gasteiger partial charge in [0.2, 0.25) is 0 Å². The van der Waals surface area contributed by atoms with Gasteiger partial charge in [-0.25, -0.2) is 0 Å². The molecule has 3 rings (SSSR count). The molecule has 2 aromatic carbocycles. The Kier molecular flexibility index (Phi) is 6.99. The first-order chi connectivity index (χ1) is 14.0. The highest BCUT2D eigenvalue weighted by atomic mass is 16.4. The quantitative estimate of drug-likeness (QED) is 0.469. The van der Waals surface area contributed by atoms with Crippen LogP contribution >= 0.6 is 0 Å². The Labute approximate surface area is 170 Å². The third kappa shape index (κ3) is 4.83. The summed E-state index contributed by atoms with van der Waals surface area (Å²) in [6.07, 6.45) is 1.25. The molecule has 2 unspecified atom stereocenters. The van der Waals surface area contributed by atoms with Gasteiger partial charge in [-0.3, -0.25) is 4.79 Å². The summed E-state index contributed by atoms with van der Waals surface area (Å²) in [5, 5.41) is 39.8. The molecule has 0 saturated carbocycles. The average molecular weight is 394 g/mol. The Morgan fingerprint density at radius 1 is 1.14 bits per heavy atom. The topological polar surface area (TPSA) is 105 Å². The highest BCUT2D eigenvalue weighted by Crippen LogP contribution is 2.34. The van der Waals surface area contributed by atoms with Crippen molar-refractivity contribution in [1.82, 2.24) is 0 Å². The number of benzene rings is 2. The van der Waals surface area contributed by atoms with Gasteiger partial charge in [0.05, 0.1) is 24.0 Å². The van der Waals surface area contributed by atoms with Crippen LogP contribution in [0.2, 0.25) is 0 Å². The zero-order valence-electron chi connectivity index (χ0n) is 16.3. The van der Waals surface area contributed by atoms with Gasteiger partial charge in [-0.1, -0.05) is 36.4 Å². The Balaban J connectivity index is 1.92. The highest BCUT2D eigenvalue weighted by Gasteiger charge is 2.21. The zero-order chi connectivity index (χ0) is 20.8. The number of allylic oxidation sites excluding steroid dienone is 1. The molecule has 1 saturated heterocycles. The molecule has 1 aliphatic rings. The molecular formula is C23H26N2O4. The van der Waals surface area contributed by atoms with E-state index in [1.807, 2.05) is 36.4 Å². The molecule has 152 valence electrons. The molecule has 0 aliphatic carbocycles. The van der Waals surface area contributed by atoms with Crippen molar-refractivity contribution in [3.63, 3.8) is 0 Å². The summed E-state index contributed by atoms with van der Waals surface area (Å²) in [7, 11) is 0. The first kappa shape index (κ1) is 21.0. The maximum Gasteiger partial charge on any atom is 0.173 e. The molecule has 6 nitrogen and oxygen atoms in total. The second-order valence-electron chi connectivity index (χ2n) is 7.37. The van der Waals surface area contributed by atoms with E-state index in [-0.39, 0.29) is 18.4 Å². The lowest BCUT2D eigenvalue weighted by Gasteiger charge is -2.23. The van der Waals surface area contributed by atoms with Gasteiger partial charge in [0.25, 0.3) is 0 Å². The second-order valence-corrected chi connectivity index (χ2v) is 7.37. The molecule has 2 aromatic rings. The van der Waals surface area contributed by atoms with Crippen LogP contribution in [-0.2, 0) is 4.79 Å². The van der Waals surface area contributed by atoms with Gasteiger partial charge in [-0.15, -0.1) is 0 Å². The minimum atomic E-state index is -1.29. The predicted octanol–water partition coefficient (Wildman–Crippen LogP) is 2.41. The summed E-state index contributed by atoms with van der Waals surface area (Å²) in [6, 6.07) is 14.0. The molecule has 0 radical (unpaired) electrons. The van der Waals surface area contributed by atoms with E-state index >= 15 is 0 Å². The Morgan fingerprint density at radius 3 is 2.55 bits per heavy atom. The number of aliphatic hydroxyl groups is 3. The first-order valence-corrected chi connectivity index (χ1v) is 9.94. The van der Waals surface area contributed by atoms with Crippen LogP contribution in [0.25, 0.3) is 16.8 Å². The van der Waals surface area contributed by atoms with Crippen LogP contribution < -0.4 is 4.90 Å². The Hall–Kier alpha value is -2.72. The van der Waals surface area contributed by atoms with Crippen molar-refractivity contribution < 1.29 is 20.1 Å². The van der Waals surface area contributed by atoms with Gasteiger partial charge in [0.1, 0.15) is 12.2 Å². The smallest absolute Gasteiger partial charge is 0.173 e. The lowest BCUT2D eigenvalue weighted by Crippen LogP contribution is -2.29. The van der Waals surface area contributed by atoms with Gasteiger partial charge >= 0.3 is 0 Å². The third-order valence-corrected chi connectivity index (χ3v) is 5.37. The molecular weight excluding hydrogens is 368 g/mol.